The van der Waals surface area contributed by atoms with E-state index in [1.807, 2.05) is 6.20 Å². The number of anilines is 1. The van der Waals surface area contributed by atoms with Crippen molar-refractivity contribution in [1.82, 2.24) is 10.3 Å². The van der Waals surface area contributed by atoms with Crippen LogP contribution in [0.15, 0.2) is 18.3 Å². The number of nitrogens with one attached hydrogen (secondary N) is 1. The fraction of sp³-hybridized carbons (Fsp3) is 0.667. The van der Waals surface area contributed by atoms with Gasteiger partial charge in [0.05, 0.1) is 0 Å². The van der Waals surface area contributed by atoms with E-state index in [2.05, 4.69) is 34.3 Å². The molecule has 3 rings (SSSR count). The minimum Gasteiger partial charge on any atom is -0.353 e. The van der Waals surface area contributed by atoms with Gasteiger partial charge in [0.1, 0.15) is 5.82 Å². The summed E-state index contributed by atoms with van der Waals surface area (Å²) in [6.45, 7) is 5.30. The van der Waals surface area contributed by atoms with Crippen LogP contribution in [0, 0.1) is 5.92 Å². The fourth-order valence-corrected chi connectivity index (χ4v) is 2.35. The van der Waals surface area contributed by atoms with E-state index < -0.39 is 0 Å². The fourth-order valence-electron chi connectivity index (χ4n) is 2.35. The molecule has 3 nitrogen and oxygen atoms in total. The third-order valence-electron chi connectivity index (χ3n) is 3.82. The molecule has 0 amide bonds. The lowest BCUT2D eigenvalue weighted by Crippen LogP contribution is -2.28. The Morgan fingerprint density at radius 1 is 1.28 bits per heavy atom. The molecule has 0 bridgehead atoms. The van der Waals surface area contributed by atoms with Crippen LogP contribution in [0.2, 0.25) is 0 Å². The maximum atomic E-state index is 4.66. The summed E-state index contributed by atoms with van der Waals surface area (Å²) in [4.78, 5) is 7.20. The largest absolute Gasteiger partial charge is 0.353 e. The van der Waals surface area contributed by atoms with E-state index in [1.54, 1.807) is 0 Å². The second-order valence-electron chi connectivity index (χ2n) is 5.63. The number of hydrogen-bond donors (Lipinski definition) is 1. The average molecular weight is 245 g/mol. The van der Waals surface area contributed by atoms with E-state index in [1.165, 1.54) is 43.6 Å². The molecule has 0 aliphatic heterocycles. The quantitative estimate of drug-likeness (QED) is 0.800. The maximum absolute atomic E-state index is 4.66. The van der Waals surface area contributed by atoms with Crippen molar-refractivity contribution in [3.8, 4) is 0 Å². The summed E-state index contributed by atoms with van der Waals surface area (Å²) in [6.07, 6.45) is 7.57. The second kappa shape index (κ2) is 5.27. The van der Waals surface area contributed by atoms with Gasteiger partial charge in [-0.15, -0.1) is 0 Å². The second-order valence-corrected chi connectivity index (χ2v) is 5.63. The Hall–Kier alpha value is -1.09. The molecule has 3 heteroatoms. The molecule has 2 aliphatic rings. The minimum absolute atomic E-state index is 0.776. The van der Waals surface area contributed by atoms with Crippen LogP contribution < -0.4 is 10.2 Å². The van der Waals surface area contributed by atoms with Gasteiger partial charge in [0, 0.05) is 25.3 Å². The zero-order valence-electron chi connectivity index (χ0n) is 11.2. The molecule has 18 heavy (non-hydrogen) atoms. The summed E-state index contributed by atoms with van der Waals surface area (Å²) in [7, 11) is 0. The zero-order chi connectivity index (χ0) is 12.4. The summed E-state index contributed by atoms with van der Waals surface area (Å²) in [6, 6.07) is 5.19. The first-order valence-corrected chi connectivity index (χ1v) is 7.29. The highest BCUT2D eigenvalue weighted by Gasteiger charge is 2.34. The van der Waals surface area contributed by atoms with Gasteiger partial charge in [-0.1, -0.05) is 13.0 Å². The third kappa shape index (κ3) is 3.02. The number of nitrogens with zero attached hydrogens (tertiary/aromatic N) is 2. The van der Waals surface area contributed by atoms with Crippen molar-refractivity contribution in [2.24, 2.45) is 5.92 Å². The molecule has 2 saturated carbocycles. The van der Waals surface area contributed by atoms with E-state index in [0.717, 1.165) is 25.0 Å². The Balaban J connectivity index is 1.65. The molecule has 0 spiro atoms. The molecular formula is C15H23N3. The molecule has 2 fully saturated rings. The van der Waals surface area contributed by atoms with E-state index in [9.17, 15) is 0 Å². The van der Waals surface area contributed by atoms with Gasteiger partial charge in [-0.05, 0) is 49.8 Å². The minimum atomic E-state index is 0.776. The molecule has 1 aromatic rings. The zero-order valence-corrected chi connectivity index (χ0v) is 11.2. The van der Waals surface area contributed by atoms with E-state index >= 15 is 0 Å². The summed E-state index contributed by atoms with van der Waals surface area (Å²) in [5.74, 6) is 2.12. The van der Waals surface area contributed by atoms with Crippen LogP contribution in [-0.4, -0.2) is 24.1 Å². The van der Waals surface area contributed by atoms with E-state index in [0.29, 0.717) is 0 Å². The third-order valence-corrected chi connectivity index (χ3v) is 3.82. The van der Waals surface area contributed by atoms with Crippen molar-refractivity contribution in [2.45, 2.75) is 45.2 Å². The molecule has 0 radical (unpaired) electrons. The lowest BCUT2D eigenvalue weighted by molar-refractivity contribution is 0.703. The van der Waals surface area contributed by atoms with E-state index in [-0.39, 0.29) is 0 Å². The normalized spacial score (nSPS) is 18.9. The molecule has 0 unspecified atom stereocenters. The predicted molar refractivity (Wildman–Crippen MR) is 74.7 cm³/mol. The van der Waals surface area contributed by atoms with Crippen LogP contribution in [0.4, 0.5) is 5.82 Å². The summed E-state index contributed by atoms with van der Waals surface area (Å²) in [5, 5.41) is 3.34. The van der Waals surface area contributed by atoms with Crippen LogP contribution >= 0.6 is 0 Å². The van der Waals surface area contributed by atoms with Crippen LogP contribution in [0.3, 0.4) is 0 Å². The van der Waals surface area contributed by atoms with Crippen molar-refractivity contribution in [3.05, 3.63) is 23.9 Å². The Morgan fingerprint density at radius 2 is 2.11 bits per heavy atom. The first kappa shape index (κ1) is 12.0. The van der Waals surface area contributed by atoms with Crippen LogP contribution in [0.1, 0.15) is 38.2 Å². The van der Waals surface area contributed by atoms with Gasteiger partial charge >= 0.3 is 0 Å². The Bertz CT molecular complexity index is 379. The smallest absolute Gasteiger partial charge is 0.128 e. The van der Waals surface area contributed by atoms with Gasteiger partial charge in [-0.25, -0.2) is 4.98 Å². The van der Waals surface area contributed by atoms with Gasteiger partial charge in [-0.3, -0.25) is 0 Å². The van der Waals surface area contributed by atoms with Crippen molar-refractivity contribution < 1.29 is 0 Å². The van der Waals surface area contributed by atoms with Crippen LogP contribution in [0.5, 0.6) is 0 Å². The Labute approximate surface area is 110 Å². The van der Waals surface area contributed by atoms with Crippen LogP contribution in [-0.2, 0) is 6.54 Å². The molecular weight excluding hydrogens is 222 g/mol. The lowest BCUT2D eigenvalue weighted by atomic mass is 10.2. The topological polar surface area (TPSA) is 28.2 Å². The van der Waals surface area contributed by atoms with Gasteiger partial charge < -0.3 is 10.2 Å². The number of rotatable bonds is 7. The first-order valence-electron chi connectivity index (χ1n) is 7.29. The first-order chi connectivity index (χ1) is 8.86. The molecule has 98 valence electrons. The van der Waals surface area contributed by atoms with Gasteiger partial charge in [0.25, 0.3) is 0 Å². The molecule has 1 N–H and O–H groups in total. The van der Waals surface area contributed by atoms with Crippen molar-refractivity contribution in [2.75, 3.05) is 18.0 Å². The molecule has 1 aromatic heterocycles. The Morgan fingerprint density at radius 3 is 2.67 bits per heavy atom. The monoisotopic (exact) mass is 245 g/mol. The molecule has 1 heterocycles. The SMILES string of the molecule is CCNCc1ccc(N(CC2CC2)C2CC2)nc1. The van der Waals surface area contributed by atoms with Crippen LogP contribution in [0.25, 0.3) is 0 Å². The highest BCUT2D eigenvalue weighted by molar-refractivity contribution is 5.42. The lowest BCUT2D eigenvalue weighted by Gasteiger charge is -2.23. The average Bonchev–Trinajstić information content (AvgIpc) is 3.28. The summed E-state index contributed by atoms with van der Waals surface area (Å²) in [5.41, 5.74) is 1.28. The number of pyridine rings is 1. The van der Waals surface area contributed by atoms with Gasteiger partial charge in [-0.2, -0.15) is 0 Å². The highest BCUT2D eigenvalue weighted by Crippen LogP contribution is 2.36. The van der Waals surface area contributed by atoms with Crippen molar-refractivity contribution in [3.63, 3.8) is 0 Å². The summed E-state index contributed by atoms with van der Waals surface area (Å²) < 4.78 is 0. The van der Waals surface area contributed by atoms with Crippen molar-refractivity contribution in [1.29, 1.82) is 0 Å². The number of hydrogen-bond acceptors (Lipinski definition) is 3. The van der Waals surface area contributed by atoms with E-state index in [4.69, 9.17) is 0 Å². The summed E-state index contributed by atoms with van der Waals surface area (Å²) >= 11 is 0. The molecule has 2 aliphatic carbocycles. The highest BCUT2D eigenvalue weighted by atomic mass is 15.2. The predicted octanol–water partition coefficient (Wildman–Crippen LogP) is 2.57. The molecule has 0 saturated heterocycles. The standard InChI is InChI=1S/C15H23N3/c1-2-16-9-13-5-8-15(17-10-13)18(14-6-7-14)11-12-3-4-12/h5,8,10,12,14,16H,2-4,6-7,9,11H2,1H3. The van der Waals surface area contributed by atoms with Crippen molar-refractivity contribution >= 4 is 5.82 Å². The molecule has 0 atom stereocenters. The maximum Gasteiger partial charge on any atom is 0.128 e. The number of aromatic nitrogens is 1. The Kier molecular flexibility index (Phi) is 3.50. The molecule has 0 aromatic carbocycles. The van der Waals surface area contributed by atoms with Gasteiger partial charge in [0.2, 0.25) is 0 Å². The van der Waals surface area contributed by atoms with Gasteiger partial charge in [0.15, 0.2) is 0 Å².